The van der Waals surface area contributed by atoms with Crippen molar-refractivity contribution in [2.45, 2.75) is 50.1 Å². The summed E-state index contributed by atoms with van der Waals surface area (Å²) in [6, 6.07) is 8.99. The van der Waals surface area contributed by atoms with Crippen molar-refractivity contribution in [3.05, 3.63) is 84.0 Å². The van der Waals surface area contributed by atoms with Gasteiger partial charge < -0.3 is 9.47 Å². The van der Waals surface area contributed by atoms with Gasteiger partial charge in [0, 0.05) is 51.2 Å². The minimum atomic E-state index is -1.47. The second-order valence-corrected chi connectivity index (χ2v) is 9.59. The molecule has 2 aliphatic heterocycles. The fourth-order valence-corrected chi connectivity index (χ4v) is 5.44. The van der Waals surface area contributed by atoms with Crippen LogP contribution in [0.3, 0.4) is 0 Å². The Morgan fingerprint density at radius 2 is 2.03 bits per heavy atom. The van der Waals surface area contributed by atoms with E-state index in [0.29, 0.717) is 17.7 Å². The van der Waals surface area contributed by atoms with Gasteiger partial charge in [0.2, 0.25) is 17.7 Å². The van der Waals surface area contributed by atoms with Crippen molar-refractivity contribution in [3.63, 3.8) is 0 Å². The summed E-state index contributed by atoms with van der Waals surface area (Å²) in [5.74, 6) is -0.846. The molecule has 0 saturated carbocycles. The zero-order chi connectivity index (χ0) is 25.3. The number of pyridine rings is 1. The number of carbonyl (C=O) groups excluding carboxylic acids is 3. The van der Waals surface area contributed by atoms with E-state index in [2.05, 4.69) is 9.97 Å². The molecule has 2 fully saturated rings. The van der Waals surface area contributed by atoms with Crippen molar-refractivity contribution in [3.8, 4) is 0 Å². The molecule has 2 aromatic heterocycles. The maximum absolute atomic E-state index is 14.3. The summed E-state index contributed by atoms with van der Waals surface area (Å²) in [5.41, 5.74) is -0.429. The van der Waals surface area contributed by atoms with Gasteiger partial charge in [-0.15, -0.1) is 0 Å². The molecule has 0 aliphatic carbocycles. The summed E-state index contributed by atoms with van der Waals surface area (Å²) >= 11 is 0. The lowest BCUT2D eigenvalue weighted by molar-refractivity contribution is -0.144. The van der Waals surface area contributed by atoms with Crippen molar-refractivity contribution >= 4 is 17.7 Å². The largest absolute Gasteiger partial charge is 0.336 e. The van der Waals surface area contributed by atoms with Crippen LogP contribution in [0.5, 0.6) is 0 Å². The number of piperidine rings is 1. The van der Waals surface area contributed by atoms with Crippen LogP contribution in [0.25, 0.3) is 0 Å². The van der Waals surface area contributed by atoms with Gasteiger partial charge >= 0.3 is 0 Å². The lowest BCUT2D eigenvalue weighted by Gasteiger charge is -2.37. The third-order valence-corrected chi connectivity index (χ3v) is 7.28. The van der Waals surface area contributed by atoms with Gasteiger partial charge in [0.15, 0.2) is 0 Å². The number of halogens is 1. The first kappa shape index (κ1) is 23.8. The molecule has 186 valence electrons. The maximum atomic E-state index is 14.3. The summed E-state index contributed by atoms with van der Waals surface area (Å²) < 4.78 is 16.2. The molecule has 5 rings (SSSR count). The SMILES string of the molecule is Cn1ccnc1[C@H]1CCCCN1C(=O)C[C@]1(c2cccc(F)c2)CC(=O)N(Cc2cccnc2)C1=O. The van der Waals surface area contributed by atoms with Gasteiger partial charge in [-0.1, -0.05) is 18.2 Å². The highest BCUT2D eigenvalue weighted by atomic mass is 19.1. The molecule has 2 saturated heterocycles. The van der Waals surface area contributed by atoms with Crippen molar-refractivity contribution in [1.82, 2.24) is 24.3 Å². The van der Waals surface area contributed by atoms with Crippen molar-refractivity contribution < 1.29 is 18.8 Å². The highest BCUT2D eigenvalue weighted by Crippen LogP contribution is 2.42. The van der Waals surface area contributed by atoms with E-state index in [9.17, 15) is 18.8 Å². The van der Waals surface area contributed by atoms with E-state index in [1.165, 1.54) is 23.1 Å². The number of rotatable bonds is 6. The Morgan fingerprint density at radius 1 is 1.17 bits per heavy atom. The summed E-state index contributed by atoms with van der Waals surface area (Å²) in [6.45, 7) is 0.591. The number of carbonyl (C=O) groups is 3. The molecule has 8 nitrogen and oxygen atoms in total. The Labute approximate surface area is 208 Å². The van der Waals surface area contributed by atoms with Crippen LogP contribution in [-0.2, 0) is 33.4 Å². The molecular formula is C27H28FN5O3. The summed E-state index contributed by atoms with van der Waals surface area (Å²) in [6.07, 6.45) is 8.93. The fourth-order valence-electron chi connectivity index (χ4n) is 5.44. The molecule has 0 spiro atoms. The number of aryl methyl sites for hydroxylation is 1. The minimum absolute atomic E-state index is 0.0520. The van der Waals surface area contributed by atoms with E-state index in [-0.39, 0.29) is 37.2 Å². The average molecular weight is 490 g/mol. The van der Waals surface area contributed by atoms with Crippen molar-refractivity contribution in [1.29, 1.82) is 0 Å². The van der Waals surface area contributed by atoms with Crippen molar-refractivity contribution in [2.75, 3.05) is 6.54 Å². The molecule has 3 aromatic rings. The van der Waals surface area contributed by atoms with E-state index in [1.54, 1.807) is 41.7 Å². The molecule has 2 atom stereocenters. The molecule has 0 N–H and O–H groups in total. The third-order valence-electron chi connectivity index (χ3n) is 7.28. The maximum Gasteiger partial charge on any atom is 0.241 e. The van der Waals surface area contributed by atoms with E-state index in [4.69, 9.17) is 0 Å². The Morgan fingerprint density at radius 3 is 2.75 bits per heavy atom. The number of hydrogen-bond donors (Lipinski definition) is 0. The predicted octanol–water partition coefficient (Wildman–Crippen LogP) is 3.30. The summed E-state index contributed by atoms with van der Waals surface area (Å²) in [7, 11) is 1.89. The van der Waals surface area contributed by atoms with Crippen molar-refractivity contribution in [2.24, 2.45) is 7.05 Å². The first-order valence-electron chi connectivity index (χ1n) is 12.2. The van der Waals surface area contributed by atoms with E-state index in [1.807, 2.05) is 17.8 Å². The highest BCUT2D eigenvalue weighted by Gasteiger charge is 2.54. The predicted molar refractivity (Wildman–Crippen MR) is 129 cm³/mol. The summed E-state index contributed by atoms with van der Waals surface area (Å²) in [4.78, 5) is 52.4. The second-order valence-electron chi connectivity index (χ2n) is 9.59. The Kier molecular flexibility index (Phi) is 6.38. The average Bonchev–Trinajstić information content (AvgIpc) is 3.41. The minimum Gasteiger partial charge on any atom is -0.336 e. The molecule has 4 heterocycles. The van der Waals surface area contributed by atoms with Crippen LogP contribution in [0.1, 0.15) is 55.1 Å². The molecule has 1 aromatic carbocycles. The Bertz CT molecular complexity index is 1290. The number of amides is 3. The number of aromatic nitrogens is 3. The molecule has 3 amide bonds. The van der Waals surface area contributed by atoms with E-state index < -0.39 is 17.1 Å². The lowest BCUT2D eigenvalue weighted by Crippen LogP contribution is -2.46. The van der Waals surface area contributed by atoms with Crippen LogP contribution in [0.15, 0.2) is 61.2 Å². The van der Waals surface area contributed by atoms with Gasteiger partial charge in [-0.05, 0) is 48.6 Å². The molecule has 2 aliphatic rings. The Hall–Kier alpha value is -3.88. The van der Waals surface area contributed by atoms with E-state index >= 15 is 0 Å². The number of benzene rings is 1. The topological polar surface area (TPSA) is 88.4 Å². The van der Waals surface area contributed by atoms with Crippen LogP contribution >= 0.6 is 0 Å². The smallest absolute Gasteiger partial charge is 0.241 e. The number of hydrogen-bond acceptors (Lipinski definition) is 5. The lowest BCUT2D eigenvalue weighted by atomic mass is 9.75. The molecule has 0 unspecified atom stereocenters. The highest BCUT2D eigenvalue weighted by molar-refractivity contribution is 6.10. The molecular weight excluding hydrogens is 461 g/mol. The quantitative estimate of drug-likeness (QED) is 0.496. The number of likely N-dealkylation sites (tertiary alicyclic amines) is 2. The van der Waals surface area contributed by atoms with Gasteiger partial charge in [-0.3, -0.25) is 24.3 Å². The molecule has 0 bridgehead atoms. The molecule has 9 heteroatoms. The van der Waals surface area contributed by atoms with Crippen LogP contribution in [0.2, 0.25) is 0 Å². The normalized spacial score (nSPS) is 22.3. The second kappa shape index (κ2) is 9.64. The zero-order valence-corrected chi connectivity index (χ0v) is 20.1. The number of nitrogens with zero attached hydrogens (tertiary/aromatic N) is 5. The van der Waals surface area contributed by atoms with Gasteiger partial charge in [0.05, 0.1) is 18.0 Å². The van der Waals surface area contributed by atoms with E-state index in [0.717, 1.165) is 25.1 Å². The van der Waals surface area contributed by atoms with Gasteiger partial charge in [-0.2, -0.15) is 0 Å². The third kappa shape index (κ3) is 4.29. The number of imide groups is 1. The first-order chi connectivity index (χ1) is 17.4. The number of imidazole rings is 1. The monoisotopic (exact) mass is 489 g/mol. The standard InChI is InChI=1S/C27H28FN5O3/c1-31-13-11-30-25(31)22-9-2-3-12-32(22)23(34)15-27(20-7-4-8-21(28)14-20)16-24(35)33(26(27)36)18-19-6-5-10-29-17-19/h4-8,10-11,13-14,17,22H,2-3,9,12,15-16,18H2,1H3/t22-,27-/m1/s1. The fraction of sp³-hybridized carbons (Fsp3) is 0.370. The summed E-state index contributed by atoms with van der Waals surface area (Å²) in [5, 5.41) is 0. The zero-order valence-electron chi connectivity index (χ0n) is 20.1. The first-order valence-corrected chi connectivity index (χ1v) is 12.2. The van der Waals surface area contributed by atoms with Gasteiger partial charge in [0.25, 0.3) is 0 Å². The Balaban J connectivity index is 1.49. The van der Waals surface area contributed by atoms with Gasteiger partial charge in [0.1, 0.15) is 11.6 Å². The van der Waals surface area contributed by atoms with Crippen LogP contribution < -0.4 is 0 Å². The molecule has 36 heavy (non-hydrogen) atoms. The van der Waals surface area contributed by atoms with Crippen LogP contribution in [0.4, 0.5) is 4.39 Å². The van der Waals surface area contributed by atoms with Gasteiger partial charge in [-0.25, -0.2) is 9.37 Å². The van der Waals surface area contributed by atoms with Crippen LogP contribution in [0, 0.1) is 5.82 Å². The molecule has 0 radical (unpaired) electrons. The van der Waals surface area contributed by atoms with Crippen LogP contribution in [-0.4, -0.2) is 48.6 Å².